The smallest absolute Gasteiger partial charge is 0.420 e. The molecule has 0 unspecified atom stereocenters. The van der Waals surface area contributed by atoms with Crippen molar-refractivity contribution in [1.82, 2.24) is 8.61 Å². The van der Waals surface area contributed by atoms with Crippen molar-refractivity contribution >= 4 is 24.4 Å². The Hall–Kier alpha value is -0.790. The zero-order valence-electron chi connectivity index (χ0n) is 8.63. The Labute approximate surface area is 93.2 Å². The lowest BCUT2D eigenvalue weighted by Crippen LogP contribution is -2.36. The molecule has 1 fully saturated rings. The van der Waals surface area contributed by atoms with Gasteiger partial charge in [0.1, 0.15) is 6.67 Å². The lowest BCUT2D eigenvalue weighted by atomic mass is 10.5. The van der Waals surface area contributed by atoms with E-state index in [0.29, 0.717) is 13.2 Å². The highest BCUT2D eigenvalue weighted by atomic mass is 32.2. The molecule has 0 saturated carbocycles. The number of carbonyl (C=O) groups is 1. The third-order valence-corrected chi connectivity index (χ3v) is 2.85. The number of hydrogen-bond acceptors (Lipinski definition) is 5. The van der Waals surface area contributed by atoms with E-state index < -0.39 is 6.09 Å². The molecule has 0 aromatic carbocycles. The predicted octanol–water partition coefficient (Wildman–Crippen LogP) is 0.910. The van der Waals surface area contributed by atoms with Crippen LogP contribution in [0.5, 0.6) is 0 Å². The highest BCUT2D eigenvalue weighted by Crippen LogP contribution is 2.17. The van der Waals surface area contributed by atoms with E-state index >= 15 is 0 Å². The zero-order valence-corrected chi connectivity index (χ0v) is 9.44. The van der Waals surface area contributed by atoms with Crippen LogP contribution in [0.2, 0.25) is 0 Å². The van der Waals surface area contributed by atoms with Gasteiger partial charge in [0.2, 0.25) is 0 Å². The van der Waals surface area contributed by atoms with E-state index in [1.165, 1.54) is 16.4 Å². The van der Waals surface area contributed by atoms with Crippen LogP contribution in [0.1, 0.15) is 6.92 Å². The van der Waals surface area contributed by atoms with Crippen LogP contribution in [0.4, 0.5) is 4.79 Å². The van der Waals surface area contributed by atoms with Crippen molar-refractivity contribution < 1.29 is 14.6 Å². The van der Waals surface area contributed by atoms with Crippen molar-refractivity contribution in [3.05, 3.63) is 0 Å². The van der Waals surface area contributed by atoms with Crippen molar-refractivity contribution in [3.8, 4) is 0 Å². The maximum Gasteiger partial charge on any atom is 0.420 e. The molecule has 0 aromatic rings. The van der Waals surface area contributed by atoms with E-state index in [0.717, 1.165) is 13.1 Å². The Morgan fingerprint density at radius 3 is 2.87 bits per heavy atom. The molecule has 0 atom stereocenters. The largest absolute Gasteiger partial charge is 0.464 e. The molecule has 15 heavy (non-hydrogen) atoms. The molecule has 86 valence electrons. The van der Waals surface area contributed by atoms with Crippen LogP contribution in [0, 0.1) is 0 Å². The Balaban J connectivity index is 2.38. The predicted molar refractivity (Wildman–Crippen MR) is 58.9 cm³/mol. The molecule has 0 spiro atoms. The average molecular weight is 233 g/mol. The van der Waals surface area contributed by atoms with E-state index in [2.05, 4.69) is 4.99 Å². The highest BCUT2D eigenvalue weighted by molar-refractivity contribution is 7.95. The molecule has 1 aliphatic heterocycles. The molecule has 7 heteroatoms. The topological polar surface area (TPSA) is 65.4 Å². The number of ether oxygens (including phenoxy) is 1. The van der Waals surface area contributed by atoms with Crippen LogP contribution >= 0.6 is 12.1 Å². The Morgan fingerprint density at radius 2 is 2.33 bits per heavy atom. The number of morpholine rings is 1. The molecule has 0 radical (unpaired) electrons. The summed E-state index contributed by atoms with van der Waals surface area (Å²) in [6.45, 7) is 4.71. The van der Waals surface area contributed by atoms with Gasteiger partial charge in [-0.1, -0.05) is 0 Å². The van der Waals surface area contributed by atoms with Crippen molar-refractivity contribution in [1.29, 1.82) is 0 Å². The third-order valence-electron chi connectivity index (χ3n) is 1.79. The molecule has 1 amide bonds. The molecule has 0 aliphatic carbocycles. The van der Waals surface area contributed by atoms with Gasteiger partial charge in [-0.05, 0) is 13.1 Å². The lowest BCUT2D eigenvalue weighted by molar-refractivity contribution is 0.0756. The van der Waals surface area contributed by atoms with Crippen LogP contribution in [0.15, 0.2) is 4.99 Å². The number of amides is 1. The van der Waals surface area contributed by atoms with Crippen molar-refractivity contribution in [2.75, 3.05) is 33.0 Å². The third kappa shape index (κ3) is 4.50. The van der Waals surface area contributed by atoms with E-state index in [9.17, 15) is 4.79 Å². The minimum atomic E-state index is -0.975. The maximum absolute atomic E-state index is 10.9. The molecule has 1 heterocycles. The number of nitrogens with zero attached hydrogens (tertiary/aromatic N) is 3. The Kier molecular flexibility index (Phi) is 5.44. The van der Waals surface area contributed by atoms with E-state index in [-0.39, 0.29) is 6.67 Å². The van der Waals surface area contributed by atoms with Gasteiger partial charge in [0.05, 0.1) is 13.2 Å². The second kappa shape index (κ2) is 6.65. The number of aliphatic imine (C=N–C) groups is 1. The summed E-state index contributed by atoms with van der Waals surface area (Å²) in [5.41, 5.74) is 0. The maximum atomic E-state index is 10.9. The lowest BCUT2D eigenvalue weighted by Gasteiger charge is -2.28. The molecule has 1 saturated heterocycles. The minimum absolute atomic E-state index is 0.161. The van der Waals surface area contributed by atoms with Crippen molar-refractivity contribution in [3.63, 3.8) is 0 Å². The van der Waals surface area contributed by atoms with Gasteiger partial charge < -0.3 is 9.84 Å². The summed E-state index contributed by atoms with van der Waals surface area (Å²) >= 11 is 1.19. The molecular formula is C8H15N3O3S. The first kappa shape index (κ1) is 12.3. The number of hydrogen-bond donors (Lipinski definition) is 1. The standard InChI is InChI=1S/C8H15N3O3S/c1-2-9-7-11(8(12)13)15-10-3-5-14-6-4-10/h2H,3-7H2,1H3,(H,12,13). The summed E-state index contributed by atoms with van der Waals surface area (Å²) in [6.07, 6.45) is 0.618. The van der Waals surface area contributed by atoms with E-state index in [4.69, 9.17) is 9.84 Å². The van der Waals surface area contributed by atoms with E-state index in [1.54, 1.807) is 13.1 Å². The van der Waals surface area contributed by atoms with Gasteiger partial charge in [-0.2, -0.15) is 0 Å². The summed E-state index contributed by atoms with van der Waals surface area (Å²) in [4.78, 5) is 14.8. The van der Waals surface area contributed by atoms with Gasteiger partial charge in [-0.3, -0.25) is 4.99 Å². The van der Waals surface area contributed by atoms with Gasteiger partial charge in [0, 0.05) is 25.2 Å². The first-order valence-corrected chi connectivity index (χ1v) is 5.42. The number of carboxylic acid groups (broad SMARTS) is 1. The van der Waals surface area contributed by atoms with Gasteiger partial charge >= 0.3 is 6.09 Å². The monoisotopic (exact) mass is 233 g/mol. The van der Waals surface area contributed by atoms with Gasteiger partial charge in [0.15, 0.2) is 0 Å². The molecule has 1 N–H and O–H groups in total. The first-order valence-electron chi connectivity index (χ1n) is 4.69. The van der Waals surface area contributed by atoms with Gasteiger partial charge in [-0.15, -0.1) is 0 Å². The molecule has 0 bridgehead atoms. The van der Waals surface area contributed by atoms with Gasteiger partial charge in [-0.25, -0.2) is 13.4 Å². The van der Waals surface area contributed by atoms with Crippen molar-refractivity contribution in [2.45, 2.75) is 6.92 Å². The fraction of sp³-hybridized carbons (Fsp3) is 0.750. The zero-order chi connectivity index (χ0) is 11.1. The molecule has 1 aliphatic rings. The summed E-state index contributed by atoms with van der Waals surface area (Å²) < 4.78 is 8.33. The summed E-state index contributed by atoms with van der Waals surface area (Å²) in [5.74, 6) is 0. The van der Waals surface area contributed by atoms with Crippen LogP contribution < -0.4 is 0 Å². The second-order valence-electron chi connectivity index (χ2n) is 2.87. The average Bonchev–Trinajstić information content (AvgIpc) is 2.25. The number of rotatable bonds is 4. The summed E-state index contributed by atoms with van der Waals surface area (Å²) in [6, 6.07) is 0. The molecular weight excluding hydrogens is 218 g/mol. The normalized spacial score (nSPS) is 18.2. The fourth-order valence-corrected chi connectivity index (χ4v) is 1.82. The Bertz CT molecular complexity index is 231. The molecule has 6 nitrogen and oxygen atoms in total. The van der Waals surface area contributed by atoms with Crippen LogP contribution in [-0.2, 0) is 4.74 Å². The van der Waals surface area contributed by atoms with E-state index in [1.807, 2.05) is 4.31 Å². The van der Waals surface area contributed by atoms with Gasteiger partial charge in [0.25, 0.3) is 0 Å². The minimum Gasteiger partial charge on any atom is -0.464 e. The fourth-order valence-electron chi connectivity index (χ4n) is 1.04. The Morgan fingerprint density at radius 1 is 1.67 bits per heavy atom. The summed E-state index contributed by atoms with van der Waals surface area (Å²) in [5, 5.41) is 8.90. The van der Waals surface area contributed by atoms with Crippen LogP contribution in [0.3, 0.4) is 0 Å². The summed E-state index contributed by atoms with van der Waals surface area (Å²) in [7, 11) is 0. The highest BCUT2D eigenvalue weighted by Gasteiger charge is 2.19. The SMILES string of the molecule is CC=NCN(SN1CCOCC1)C(=O)O. The molecule has 0 aromatic heterocycles. The van der Waals surface area contributed by atoms with Crippen molar-refractivity contribution in [2.24, 2.45) is 4.99 Å². The quantitative estimate of drug-likeness (QED) is 0.577. The molecule has 1 rings (SSSR count). The second-order valence-corrected chi connectivity index (χ2v) is 3.99. The van der Waals surface area contributed by atoms with Crippen LogP contribution in [-0.4, -0.2) is 59.0 Å². The first-order chi connectivity index (χ1) is 7.24. The van der Waals surface area contributed by atoms with Crippen LogP contribution in [0.25, 0.3) is 0 Å².